The van der Waals surface area contributed by atoms with Crippen LogP contribution in [-0.4, -0.2) is 69.8 Å². The smallest absolute Gasteiger partial charge is 0.255 e. The quantitative estimate of drug-likeness (QED) is 0.265. The van der Waals surface area contributed by atoms with E-state index in [1.54, 1.807) is 25.3 Å². The second kappa shape index (κ2) is 15.8. The summed E-state index contributed by atoms with van der Waals surface area (Å²) < 4.78 is 10.8. The summed E-state index contributed by atoms with van der Waals surface area (Å²) in [6.07, 6.45) is 2.78. The SMILES string of the molecule is CCCCOc1ccc(C(=O)Nc2ccc(N3CCN(Cc4ccccc4)CC3)c(C(=O)NCCCOC)c2)cc1. The molecule has 3 aromatic carbocycles. The summed E-state index contributed by atoms with van der Waals surface area (Å²) in [5.41, 5.74) is 3.83. The highest BCUT2D eigenvalue weighted by atomic mass is 16.5. The van der Waals surface area contributed by atoms with Crippen molar-refractivity contribution in [2.45, 2.75) is 32.7 Å². The van der Waals surface area contributed by atoms with E-state index in [9.17, 15) is 9.59 Å². The fraction of sp³-hybridized carbons (Fsp3) is 0.394. The average Bonchev–Trinajstić information content (AvgIpc) is 3.00. The fourth-order valence-electron chi connectivity index (χ4n) is 4.81. The Morgan fingerprint density at radius 2 is 1.61 bits per heavy atom. The van der Waals surface area contributed by atoms with E-state index in [1.807, 2.05) is 30.3 Å². The van der Waals surface area contributed by atoms with E-state index in [2.05, 4.69) is 51.6 Å². The number of hydrogen-bond donors (Lipinski definition) is 2. The maximum atomic E-state index is 13.3. The number of piperazine rings is 1. The van der Waals surface area contributed by atoms with Crippen LogP contribution in [0.3, 0.4) is 0 Å². The zero-order valence-electron chi connectivity index (χ0n) is 24.2. The van der Waals surface area contributed by atoms with Gasteiger partial charge in [0.2, 0.25) is 0 Å². The molecule has 0 bridgehead atoms. The van der Waals surface area contributed by atoms with Crippen molar-refractivity contribution >= 4 is 23.2 Å². The normalized spacial score (nSPS) is 13.6. The lowest BCUT2D eigenvalue weighted by Gasteiger charge is -2.37. The first-order valence-electron chi connectivity index (χ1n) is 14.5. The molecule has 218 valence electrons. The Kier molecular flexibility index (Phi) is 11.6. The van der Waals surface area contributed by atoms with Crippen LogP contribution >= 0.6 is 0 Å². The number of carbonyl (C=O) groups excluding carboxylic acids is 2. The highest BCUT2D eigenvalue weighted by Crippen LogP contribution is 2.27. The van der Waals surface area contributed by atoms with Crippen molar-refractivity contribution in [3.05, 3.63) is 89.5 Å². The number of unbranched alkanes of at least 4 members (excludes halogenated alkanes) is 1. The van der Waals surface area contributed by atoms with Gasteiger partial charge in [0.1, 0.15) is 5.75 Å². The van der Waals surface area contributed by atoms with Gasteiger partial charge in [-0.25, -0.2) is 0 Å². The van der Waals surface area contributed by atoms with Gasteiger partial charge < -0.3 is 25.0 Å². The molecule has 1 aliphatic heterocycles. The van der Waals surface area contributed by atoms with Gasteiger partial charge in [0.25, 0.3) is 11.8 Å². The van der Waals surface area contributed by atoms with Crippen molar-refractivity contribution in [3.8, 4) is 5.75 Å². The summed E-state index contributed by atoms with van der Waals surface area (Å²) in [5.74, 6) is 0.349. The molecule has 0 unspecified atom stereocenters. The third-order valence-corrected chi connectivity index (χ3v) is 7.15. The van der Waals surface area contributed by atoms with Crippen LogP contribution in [0.5, 0.6) is 5.75 Å². The van der Waals surface area contributed by atoms with Gasteiger partial charge in [0.05, 0.1) is 12.2 Å². The monoisotopic (exact) mass is 558 g/mol. The molecule has 4 rings (SSSR count). The molecule has 1 saturated heterocycles. The predicted molar refractivity (Wildman–Crippen MR) is 164 cm³/mol. The lowest BCUT2D eigenvalue weighted by molar-refractivity contribution is 0.0947. The van der Waals surface area contributed by atoms with Gasteiger partial charge in [-0.2, -0.15) is 0 Å². The summed E-state index contributed by atoms with van der Waals surface area (Å²) in [6.45, 7) is 8.22. The lowest BCUT2D eigenvalue weighted by atomic mass is 10.1. The van der Waals surface area contributed by atoms with Crippen molar-refractivity contribution in [2.75, 3.05) is 63.3 Å². The lowest BCUT2D eigenvalue weighted by Crippen LogP contribution is -2.46. The van der Waals surface area contributed by atoms with Crippen LogP contribution in [0.15, 0.2) is 72.8 Å². The number of hydrogen-bond acceptors (Lipinski definition) is 6. The molecule has 2 amide bonds. The highest BCUT2D eigenvalue weighted by molar-refractivity contribution is 6.06. The number of ether oxygens (including phenoxy) is 2. The molecule has 8 heteroatoms. The molecule has 1 fully saturated rings. The van der Waals surface area contributed by atoms with Gasteiger partial charge in [0.15, 0.2) is 0 Å². The van der Waals surface area contributed by atoms with Gasteiger partial charge >= 0.3 is 0 Å². The Labute approximate surface area is 243 Å². The highest BCUT2D eigenvalue weighted by Gasteiger charge is 2.22. The molecule has 3 aromatic rings. The first kappa shape index (κ1) is 30.1. The van der Waals surface area contributed by atoms with Gasteiger partial charge in [-0.15, -0.1) is 0 Å². The molecule has 1 aliphatic rings. The molecule has 8 nitrogen and oxygen atoms in total. The second-order valence-corrected chi connectivity index (χ2v) is 10.3. The maximum absolute atomic E-state index is 13.3. The Morgan fingerprint density at radius 1 is 0.854 bits per heavy atom. The molecular weight excluding hydrogens is 516 g/mol. The van der Waals surface area contributed by atoms with Gasteiger partial charge in [-0.1, -0.05) is 43.7 Å². The van der Waals surface area contributed by atoms with E-state index in [-0.39, 0.29) is 11.8 Å². The van der Waals surface area contributed by atoms with Gasteiger partial charge in [-0.3, -0.25) is 14.5 Å². The van der Waals surface area contributed by atoms with E-state index < -0.39 is 0 Å². The number of nitrogens with one attached hydrogen (secondary N) is 2. The van der Waals surface area contributed by atoms with Crippen LogP contribution < -0.4 is 20.3 Å². The molecule has 0 spiro atoms. The van der Waals surface area contributed by atoms with E-state index in [4.69, 9.17) is 9.47 Å². The summed E-state index contributed by atoms with van der Waals surface area (Å²) in [7, 11) is 1.65. The Morgan fingerprint density at radius 3 is 2.32 bits per heavy atom. The number of carbonyl (C=O) groups is 2. The minimum Gasteiger partial charge on any atom is -0.494 e. The number of nitrogens with zero attached hydrogens (tertiary/aromatic N) is 2. The topological polar surface area (TPSA) is 83.1 Å². The second-order valence-electron chi connectivity index (χ2n) is 10.3. The van der Waals surface area contributed by atoms with Crippen LogP contribution in [0.4, 0.5) is 11.4 Å². The standard InChI is InChI=1S/C33H42N4O4/c1-3-4-23-41-29-14-11-27(12-15-29)32(38)35-28-13-16-31(30(24-28)33(39)34-17-8-22-40-2)37-20-18-36(19-21-37)25-26-9-6-5-7-10-26/h5-7,9-16,24H,3-4,8,17-23,25H2,1-2H3,(H,34,39)(H,35,38). The number of rotatable bonds is 14. The first-order valence-corrected chi connectivity index (χ1v) is 14.5. The van der Waals surface area contributed by atoms with Crippen LogP contribution in [0.1, 0.15) is 52.5 Å². The summed E-state index contributed by atoms with van der Waals surface area (Å²) in [6, 6.07) is 23.2. The first-order chi connectivity index (χ1) is 20.1. The molecule has 0 radical (unpaired) electrons. The van der Waals surface area contributed by atoms with Crippen molar-refractivity contribution in [1.82, 2.24) is 10.2 Å². The zero-order chi connectivity index (χ0) is 28.9. The van der Waals surface area contributed by atoms with E-state index in [0.717, 1.165) is 63.4 Å². The molecule has 0 aliphatic carbocycles. The van der Waals surface area contributed by atoms with Crippen LogP contribution in [-0.2, 0) is 11.3 Å². The van der Waals surface area contributed by atoms with Crippen molar-refractivity contribution < 1.29 is 19.1 Å². The number of methoxy groups -OCH3 is 1. The Hall–Kier alpha value is -3.88. The molecular formula is C33H42N4O4. The van der Waals surface area contributed by atoms with E-state index in [1.165, 1.54) is 5.56 Å². The summed E-state index contributed by atoms with van der Waals surface area (Å²) in [4.78, 5) is 31.0. The average molecular weight is 559 g/mol. The molecule has 0 saturated carbocycles. The third-order valence-electron chi connectivity index (χ3n) is 7.15. The predicted octanol–water partition coefficient (Wildman–Crippen LogP) is 5.21. The zero-order valence-corrected chi connectivity index (χ0v) is 24.2. The van der Waals surface area contributed by atoms with Crippen LogP contribution in [0, 0.1) is 0 Å². The number of anilines is 2. The van der Waals surface area contributed by atoms with Crippen LogP contribution in [0.2, 0.25) is 0 Å². The molecule has 0 atom stereocenters. The number of benzene rings is 3. The summed E-state index contributed by atoms with van der Waals surface area (Å²) in [5, 5.41) is 5.97. The third kappa shape index (κ3) is 9.06. The minimum atomic E-state index is -0.237. The van der Waals surface area contributed by atoms with Crippen molar-refractivity contribution in [1.29, 1.82) is 0 Å². The van der Waals surface area contributed by atoms with Crippen LogP contribution in [0.25, 0.3) is 0 Å². The molecule has 41 heavy (non-hydrogen) atoms. The Balaban J connectivity index is 1.44. The number of amides is 2. The molecule has 1 heterocycles. The van der Waals surface area contributed by atoms with Gasteiger partial charge in [-0.05, 0) is 60.9 Å². The van der Waals surface area contributed by atoms with E-state index >= 15 is 0 Å². The largest absolute Gasteiger partial charge is 0.494 e. The molecule has 0 aromatic heterocycles. The summed E-state index contributed by atoms with van der Waals surface area (Å²) >= 11 is 0. The Bertz CT molecular complexity index is 1240. The van der Waals surface area contributed by atoms with E-state index in [0.29, 0.717) is 36.6 Å². The molecule has 2 N–H and O–H groups in total. The fourth-order valence-corrected chi connectivity index (χ4v) is 4.81. The minimum absolute atomic E-state index is 0.160. The van der Waals surface area contributed by atoms with Gasteiger partial charge in [0, 0.05) is 69.9 Å². The van der Waals surface area contributed by atoms with Crippen molar-refractivity contribution in [2.24, 2.45) is 0 Å². The van der Waals surface area contributed by atoms with Crippen molar-refractivity contribution in [3.63, 3.8) is 0 Å². The maximum Gasteiger partial charge on any atom is 0.255 e.